The number of carbonyl (C=O) groups is 1. The standard InChI is InChI=1S/C25H27N3O3/c1-5-10-30-22-13-19(12-20-14-25(3,4)31-24(20)22)23(29)21(28-16-26-15-27-28)11-18-8-6-17(2)7-9-18/h6-9,11-13,15-16H,5,10,14H2,1-4H3. The number of fused-ring (bicyclic) bond motifs is 1. The molecular formula is C25H27N3O3. The van der Waals surface area contributed by atoms with Gasteiger partial charge in [-0.3, -0.25) is 4.79 Å². The highest BCUT2D eigenvalue weighted by Gasteiger charge is 2.34. The molecule has 0 spiro atoms. The Kier molecular flexibility index (Phi) is 5.63. The van der Waals surface area contributed by atoms with Gasteiger partial charge in [-0.2, -0.15) is 5.10 Å². The van der Waals surface area contributed by atoms with Gasteiger partial charge >= 0.3 is 0 Å². The molecule has 0 bridgehead atoms. The third-order valence-corrected chi connectivity index (χ3v) is 5.13. The van der Waals surface area contributed by atoms with Crippen LogP contribution in [0.15, 0.2) is 49.1 Å². The van der Waals surface area contributed by atoms with Crippen molar-refractivity contribution in [3.8, 4) is 11.5 Å². The van der Waals surface area contributed by atoms with E-state index in [9.17, 15) is 4.79 Å². The van der Waals surface area contributed by atoms with Crippen LogP contribution in [0.3, 0.4) is 0 Å². The molecule has 0 amide bonds. The minimum Gasteiger partial charge on any atom is -0.490 e. The molecule has 0 aliphatic carbocycles. The fourth-order valence-corrected chi connectivity index (χ4v) is 3.67. The van der Waals surface area contributed by atoms with Crippen LogP contribution in [0, 0.1) is 6.92 Å². The first-order valence-electron chi connectivity index (χ1n) is 10.5. The summed E-state index contributed by atoms with van der Waals surface area (Å²) >= 11 is 0. The molecule has 6 heteroatoms. The van der Waals surface area contributed by atoms with Crippen molar-refractivity contribution in [2.75, 3.05) is 6.61 Å². The van der Waals surface area contributed by atoms with Crippen LogP contribution in [0.5, 0.6) is 11.5 Å². The number of ketones is 1. The zero-order valence-corrected chi connectivity index (χ0v) is 18.4. The van der Waals surface area contributed by atoms with Gasteiger partial charge in [0.05, 0.1) is 6.61 Å². The molecule has 2 aromatic carbocycles. The Morgan fingerprint density at radius 3 is 2.71 bits per heavy atom. The number of allylic oxidation sites excluding steroid dienone is 1. The third kappa shape index (κ3) is 4.53. The van der Waals surface area contributed by atoms with E-state index in [0.717, 1.165) is 28.9 Å². The van der Waals surface area contributed by atoms with Crippen molar-refractivity contribution in [1.29, 1.82) is 0 Å². The molecule has 0 radical (unpaired) electrons. The lowest BCUT2D eigenvalue weighted by Crippen LogP contribution is -2.24. The van der Waals surface area contributed by atoms with Crippen molar-refractivity contribution in [2.45, 2.75) is 46.1 Å². The summed E-state index contributed by atoms with van der Waals surface area (Å²) < 4.78 is 13.6. The molecule has 1 aliphatic heterocycles. The summed E-state index contributed by atoms with van der Waals surface area (Å²) in [5.74, 6) is 1.20. The summed E-state index contributed by atoms with van der Waals surface area (Å²) in [4.78, 5) is 17.7. The number of hydrogen-bond acceptors (Lipinski definition) is 5. The molecule has 6 nitrogen and oxygen atoms in total. The van der Waals surface area contributed by atoms with Crippen molar-refractivity contribution in [3.63, 3.8) is 0 Å². The average molecular weight is 418 g/mol. The lowest BCUT2D eigenvalue weighted by molar-refractivity contribution is 0.105. The summed E-state index contributed by atoms with van der Waals surface area (Å²) in [7, 11) is 0. The van der Waals surface area contributed by atoms with Crippen LogP contribution in [0.25, 0.3) is 11.8 Å². The zero-order valence-electron chi connectivity index (χ0n) is 18.4. The number of Topliss-reactive ketones (excluding diaryl/α,β-unsaturated/α-hetero) is 1. The van der Waals surface area contributed by atoms with Crippen LogP contribution in [-0.4, -0.2) is 32.8 Å². The first-order valence-corrected chi connectivity index (χ1v) is 10.5. The molecule has 2 heterocycles. The van der Waals surface area contributed by atoms with E-state index in [0.29, 0.717) is 30.0 Å². The number of ether oxygens (including phenoxy) is 2. The Morgan fingerprint density at radius 1 is 1.26 bits per heavy atom. The van der Waals surface area contributed by atoms with Crippen molar-refractivity contribution in [3.05, 3.63) is 71.3 Å². The number of benzene rings is 2. The lowest BCUT2D eigenvalue weighted by Gasteiger charge is -2.18. The first kappa shape index (κ1) is 20.8. The molecular weight excluding hydrogens is 390 g/mol. The highest BCUT2D eigenvalue weighted by molar-refractivity contribution is 6.28. The number of aryl methyl sites for hydroxylation is 1. The molecule has 1 aromatic heterocycles. The molecule has 160 valence electrons. The number of carbonyl (C=O) groups excluding carboxylic acids is 1. The summed E-state index contributed by atoms with van der Waals surface area (Å²) in [6.07, 6.45) is 6.37. The minimum absolute atomic E-state index is 0.153. The van der Waals surface area contributed by atoms with Crippen molar-refractivity contribution in [1.82, 2.24) is 14.8 Å². The van der Waals surface area contributed by atoms with Crippen molar-refractivity contribution in [2.24, 2.45) is 0 Å². The normalized spacial score (nSPS) is 14.8. The second-order valence-corrected chi connectivity index (χ2v) is 8.46. The quantitative estimate of drug-likeness (QED) is 0.401. The fraction of sp³-hybridized carbons (Fsp3) is 0.320. The topological polar surface area (TPSA) is 66.2 Å². The molecule has 1 aliphatic rings. The largest absolute Gasteiger partial charge is 0.490 e. The second kappa shape index (κ2) is 8.38. The van der Waals surface area contributed by atoms with Crippen LogP contribution in [0.1, 0.15) is 54.2 Å². The molecule has 0 N–H and O–H groups in total. The smallest absolute Gasteiger partial charge is 0.211 e. The predicted octanol–water partition coefficient (Wildman–Crippen LogP) is 4.97. The van der Waals surface area contributed by atoms with E-state index in [2.05, 4.69) is 10.1 Å². The molecule has 31 heavy (non-hydrogen) atoms. The maximum atomic E-state index is 13.6. The number of hydrogen-bond donors (Lipinski definition) is 0. The van der Waals surface area contributed by atoms with Gasteiger partial charge in [0.25, 0.3) is 0 Å². The van der Waals surface area contributed by atoms with Gasteiger partial charge in [0.1, 0.15) is 24.0 Å². The molecule has 4 rings (SSSR count). The molecule has 0 unspecified atom stereocenters. The van der Waals surface area contributed by atoms with E-state index in [4.69, 9.17) is 9.47 Å². The number of aromatic nitrogens is 3. The van der Waals surface area contributed by atoms with Crippen LogP contribution in [0.4, 0.5) is 0 Å². The maximum Gasteiger partial charge on any atom is 0.211 e. The molecule has 0 atom stereocenters. The molecule has 3 aromatic rings. The van der Waals surface area contributed by atoms with Crippen LogP contribution < -0.4 is 9.47 Å². The Balaban J connectivity index is 1.78. The van der Waals surface area contributed by atoms with Crippen molar-refractivity contribution >= 4 is 17.6 Å². The van der Waals surface area contributed by atoms with Gasteiger partial charge in [-0.25, -0.2) is 9.67 Å². The lowest BCUT2D eigenvalue weighted by atomic mass is 9.97. The van der Waals surface area contributed by atoms with Crippen LogP contribution >= 0.6 is 0 Å². The Morgan fingerprint density at radius 2 is 2.03 bits per heavy atom. The van der Waals surface area contributed by atoms with E-state index >= 15 is 0 Å². The SMILES string of the molecule is CCCOc1cc(C(=O)C(=Cc2ccc(C)cc2)n2cncn2)cc2c1OC(C)(C)C2. The third-order valence-electron chi connectivity index (χ3n) is 5.13. The first-order chi connectivity index (χ1) is 14.9. The van der Waals surface area contributed by atoms with E-state index in [-0.39, 0.29) is 11.4 Å². The Bertz CT molecular complexity index is 1110. The molecule has 0 saturated carbocycles. The predicted molar refractivity (Wildman–Crippen MR) is 120 cm³/mol. The van der Waals surface area contributed by atoms with Gasteiger partial charge in [-0.15, -0.1) is 0 Å². The van der Waals surface area contributed by atoms with Gasteiger partial charge in [-0.05, 0) is 51.0 Å². The van der Waals surface area contributed by atoms with Crippen LogP contribution in [0.2, 0.25) is 0 Å². The van der Waals surface area contributed by atoms with Gasteiger partial charge in [0.2, 0.25) is 5.78 Å². The van der Waals surface area contributed by atoms with Crippen LogP contribution in [-0.2, 0) is 6.42 Å². The summed E-state index contributed by atoms with van der Waals surface area (Å²) in [5, 5.41) is 4.20. The Hall–Kier alpha value is -3.41. The van der Waals surface area contributed by atoms with E-state index in [1.807, 2.05) is 64.1 Å². The van der Waals surface area contributed by atoms with Gasteiger partial charge in [0.15, 0.2) is 11.5 Å². The monoisotopic (exact) mass is 417 g/mol. The van der Waals surface area contributed by atoms with E-state index < -0.39 is 0 Å². The van der Waals surface area contributed by atoms with Gasteiger partial charge in [-0.1, -0.05) is 36.8 Å². The highest BCUT2D eigenvalue weighted by atomic mass is 16.5. The average Bonchev–Trinajstić information content (AvgIpc) is 3.37. The fourth-order valence-electron chi connectivity index (χ4n) is 3.67. The summed E-state index contributed by atoms with van der Waals surface area (Å²) in [6, 6.07) is 11.7. The van der Waals surface area contributed by atoms with Gasteiger partial charge < -0.3 is 9.47 Å². The summed E-state index contributed by atoms with van der Waals surface area (Å²) in [5.41, 5.74) is 3.68. The molecule has 0 fully saturated rings. The number of nitrogens with zero attached hydrogens (tertiary/aromatic N) is 3. The molecule has 0 saturated heterocycles. The minimum atomic E-state index is -0.333. The van der Waals surface area contributed by atoms with Crippen molar-refractivity contribution < 1.29 is 14.3 Å². The van der Waals surface area contributed by atoms with E-state index in [1.54, 1.807) is 6.07 Å². The second-order valence-electron chi connectivity index (χ2n) is 8.46. The van der Waals surface area contributed by atoms with Gasteiger partial charge in [0, 0.05) is 17.5 Å². The number of rotatable bonds is 7. The summed E-state index contributed by atoms with van der Waals surface area (Å²) in [6.45, 7) is 8.71. The highest BCUT2D eigenvalue weighted by Crippen LogP contribution is 2.43. The zero-order chi connectivity index (χ0) is 22.0. The maximum absolute atomic E-state index is 13.6. The Labute approximate surface area is 182 Å². The van der Waals surface area contributed by atoms with E-state index in [1.165, 1.54) is 17.3 Å².